The lowest BCUT2D eigenvalue weighted by molar-refractivity contribution is -0.474. The van der Waals surface area contributed by atoms with Crippen molar-refractivity contribution in [1.29, 1.82) is 0 Å². The average molecular weight is 282 g/mol. The van der Waals surface area contributed by atoms with E-state index in [-0.39, 0.29) is 0 Å². The molecule has 0 aliphatic heterocycles. The number of alkyl halides is 9. The molecule has 17 heavy (non-hydrogen) atoms. The van der Waals surface area contributed by atoms with Gasteiger partial charge in [-0.05, 0) is 0 Å². The number of hydrogen-bond donors (Lipinski definition) is 1. The van der Waals surface area contributed by atoms with Gasteiger partial charge in [0, 0.05) is 0 Å². The van der Waals surface area contributed by atoms with Gasteiger partial charge in [-0.3, -0.25) is 0 Å². The molecule has 0 heterocycles. The monoisotopic (exact) mass is 282 g/mol. The Morgan fingerprint density at radius 3 is 1.59 bits per heavy atom. The first-order valence-corrected chi connectivity index (χ1v) is 3.45. The highest BCUT2D eigenvalue weighted by atomic mass is 19.4. The Hall–Kier alpha value is -0.750. The van der Waals surface area contributed by atoms with Crippen LogP contribution in [0.15, 0.2) is 0 Å². The third kappa shape index (κ3) is 5.93. The van der Waals surface area contributed by atoms with E-state index in [0.717, 1.165) is 0 Å². The van der Waals surface area contributed by atoms with Crippen molar-refractivity contribution in [3.05, 3.63) is 0 Å². The number of ether oxygens (including phenoxy) is 2. The summed E-state index contributed by atoms with van der Waals surface area (Å²) in [6.45, 7) is 0. The molecule has 0 bridgehead atoms. The number of rotatable bonds is 4. The molecule has 0 aliphatic carbocycles. The van der Waals surface area contributed by atoms with Crippen molar-refractivity contribution in [2.75, 3.05) is 0 Å². The zero-order valence-electron chi connectivity index (χ0n) is 7.32. The van der Waals surface area contributed by atoms with Crippen molar-refractivity contribution in [3.63, 3.8) is 0 Å². The van der Waals surface area contributed by atoms with Crippen LogP contribution in [0, 0.1) is 0 Å². The number of aliphatic hydroxyl groups excluding tert-OH is 1. The van der Waals surface area contributed by atoms with Crippen molar-refractivity contribution in [2.45, 2.75) is 31.3 Å². The van der Waals surface area contributed by atoms with Gasteiger partial charge in [-0.25, -0.2) is 9.13 Å². The van der Waals surface area contributed by atoms with Gasteiger partial charge in [0.25, 0.3) is 12.6 Å². The Morgan fingerprint density at radius 1 is 0.882 bits per heavy atom. The molecule has 2 atom stereocenters. The van der Waals surface area contributed by atoms with Crippen molar-refractivity contribution in [1.82, 2.24) is 0 Å². The van der Waals surface area contributed by atoms with Crippen LogP contribution in [0.1, 0.15) is 0 Å². The summed E-state index contributed by atoms with van der Waals surface area (Å²) in [5.74, 6) is 0. The molecule has 0 aromatic carbocycles. The van der Waals surface area contributed by atoms with Crippen molar-refractivity contribution >= 4 is 0 Å². The molecule has 0 saturated carbocycles. The highest BCUT2D eigenvalue weighted by molar-refractivity contribution is 4.62. The predicted molar refractivity (Wildman–Crippen MR) is 30.1 cm³/mol. The maximum atomic E-state index is 12.2. The van der Waals surface area contributed by atoms with Crippen molar-refractivity contribution in [2.24, 2.45) is 0 Å². The van der Waals surface area contributed by atoms with E-state index in [0.29, 0.717) is 0 Å². The largest absolute Gasteiger partial charge is 0.527 e. The summed E-state index contributed by atoms with van der Waals surface area (Å²) in [7, 11) is 0. The molecule has 0 aromatic rings. The minimum atomic E-state index is -5.96. The summed E-state index contributed by atoms with van der Waals surface area (Å²) in [6, 6.07) is 0. The summed E-state index contributed by atoms with van der Waals surface area (Å²) in [4.78, 5) is 0. The molecule has 0 spiro atoms. The third-order valence-electron chi connectivity index (χ3n) is 1.05. The molecule has 104 valence electrons. The third-order valence-corrected chi connectivity index (χ3v) is 1.05. The first kappa shape index (κ1) is 16.2. The lowest BCUT2D eigenvalue weighted by Gasteiger charge is -2.24. The van der Waals surface area contributed by atoms with Gasteiger partial charge in [-0.2, -0.15) is 22.0 Å². The smallest absolute Gasteiger partial charge is 0.361 e. The maximum Gasteiger partial charge on any atom is 0.527 e. The summed E-state index contributed by atoms with van der Waals surface area (Å²) in [6.07, 6.45) is -25.8. The Bertz CT molecular complexity index is 246. The molecule has 0 saturated heterocycles. The Labute approximate surface area is 86.7 Å². The van der Waals surface area contributed by atoms with Crippen LogP contribution in [-0.2, 0) is 9.47 Å². The molecule has 0 radical (unpaired) electrons. The average Bonchev–Trinajstić information content (AvgIpc) is 1.96. The van der Waals surface area contributed by atoms with Gasteiger partial charge in [-0.15, -0.1) is 13.2 Å². The van der Waals surface area contributed by atoms with Crippen LogP contribution in [0.4, 0.5) is 39.5 Å². The van der Waals surface area contributed by atoms with E-state index >= 15 is 0 Å². The highest BCUT2D eigenvalue weighted by Gasteiger charge is 2.54. The Balaban J connectivity index is 4.54. The predicted octanol–water partition coefficient (Wildman–Crippen LogP) is 2.31. The summed E-state index contributed by atoms with van der Waals surface area (Å²) < 4.78 is 109. The van der Waals surface area contributed by atoms with E-state index in [4.69, 9.17) is 5.11 Å². The molecular formula is C5H3F9O3. The zero-order valence-corrected chi connectivity index (χ0v) is 7.32. The van der Waals surface area contributed by atoms with E-state index in [1.807, 2.05) is 4.74 Å². The van der Waals surface area contributed by atoms with E-state index < -0.39 is 31.3 Å². The zero-order chi connectivity index (χ0) is 14.1. The van der Waals surface area contributed by atoms with Crippen LogP contribution in [0.25, 0.3) is 0 Å². The molecule has 0 aliphatic rings. The second kappa shape index (κ2) is 4.86. The molecule has 0 rings (SSSR count). The van der Waals surface area contributed by atoms with Gasteiger partial charge >= 0.3 is 18.6 Å². The minimum absolute atomic E-state index is 1.96. The lowest BCUT2D eigenvalue weighted by Crippen LogP contribution is -2.45. The van der Waals surface area contributed by atoms with Gasteiger partial charge in [0.1, 0.15) is 0 Å². The molecule has 12 heteroatoms. The van der Waals surface area contributed by atoms with E-state index in [1.54, 1.807) is 0 Å². The minimum Gasteiger partial charge on any atom is -0.361 e. The fraction of sp³-hybridized carbons (Fsp3) is 1.00. The molecular weight excluding hydrogens is 279 g/mol. The fourth-order valence-electron chi connectivity index (χ4n) is 0.474. The molecule has 0 fully saturated rings. The standard InChI is InChI=1S/C5H3F9O3/c6-1(3(7,8)9)16-2(15)4(10,11)17-5(12,13)14/h1-2,15H. The second-order valence-electron chi connectivity index (χ2n) is 2.46. The van der Waals surface area contributed by atoms with Gasteiger partial charge in [0.05, 0.1) is 0 Å². The number of aliphatic hydroxyl groups is 1. The lowest BCUT2D eigenvalue weighted by atomic mass is 10.5. The van der Waals surface area contributed by atoms with Crippen LogP contribution in [0.2, 0.25) is 0 Å². The maximum absolute atomic E-state index is 12.2. The van der Waals surface area contributed by atoms with Crippen molar-refractivity contribution < 1.29 is 54.1 Å². The number of halogens is 9. The highest BCUT2D eigenvalue weighted by Crippen LogP contribution is 2.33. The fourth-order valence-corrected chi connectivity index (χ4v) is 0.474. The Morgan fingerprint density at radius 2 is 1.29 bits per heavy atom. The summed E-state index contributed by atoms with van der Waals surface area (Å²) in [5, 5.41) is 8.14. The van der Waals surface area contributed by atoms with E-state index in [2.05, 4.69) is 4.74 Å². The summed E-state index contributed by atoms with van der Waals surface area (Å²) >= 11 is 0. The van der Waals surface area contributed by atoms with Crippen LogP contribution in [0.5, 0.6) is 0 Å². The van der Waals surface area contributed by atoms with Gasteiger partial charge < -0.3 is 9.84 Å². The quantitative estimate of drug-likeness (QED) is 0.635. The second-order valence-corrected chi connectivity index (χ2v) is 2.46. The molecule has 2 unspecified atom stereocenters. The van der Waals surface area contributed by atoms with E-state index in [1.165, 1.54) is 0 Å². The van der Waals surface area contributed by atoms with Crippen LogP contribution in [0.3, 0.4) is 0 Å². The van der Waals surface area contributed by atoms with Gasteiger partial charge in [-0.1, -0.05) is 0 Å². The molecule has 0 amide bonds. The SMILES string of the molecule is OC(OC(F)C(F)(F)F)C(F)(F)OC(F)(F)F. The van der Waals surface area contributed by atoms with Crippen molar-refractivity contribution in [3.8, 4) is 0 Å². The number of hydrogen-bond acceptors (Lipinski definition) is 3. The first-order valence-electron chi connectivity index (χ1n) is 3.45. The Kier molecular flexibility index (Phi) is 4.64. The first-order chi connectivity index (χ1) is 7.26. The normalized spacial score (nSPS) is 18.0. The van der Waals surface area contributed by atoms with E-state index in [9.17, 15) is 39.5 Å². The molecule has 3 nitrogen and oxygen atoms in total. The molecule has 1 N–H and O–H groups in total. The van der Waals surface area contributed by atoms with Gasteiger partial charge in [0.15, 0.2) is 0 Å². The molecule has 0 aromatic heterocycles. The van der Waals surface area contributed by atoms with Crippen LogP contribution >= 0.6 is 0 Å². The summed E-state index contributed by atoms with van der Waals surface area (Å²) in [5.41, 5.74) is 0. The van der Waals surface area contributed by atoms with Gasteiger partial charge in [0.2, 0.25) is 0 Å². The van der Waals surface area contributed by atoms with Crippen LogP contribution < -0.4 is 0 Å². The topological polar surface area (TPSA) is 38.7 Å². The van der Waals surface area contributed by atoms with Crippen LogP contribution in [-0.4, -0.2) is 36.4 Å².